The van der Waals surface area contributed by atoms with Crippen molar-refractivity contribution in [2.45, 2.75) is 18.9 Å². The van der Waals surface area contributed by atoms with E-state index in [2.05, 4.69) is 46.7 Å². The summed E-state index contributed by atoms with van der Waals surface area (Å²) in [5.41, 5.74) is 11.3. The number of rotatable bonds is 2. The third-order valence-corrected chi connectivity index (χ3v) is 9.66. The van der Waals surface area contributed by atoms with Crippen molar-refractivity contribution >= 4 is 124 Å². The Morgan fingerprint density at radius 3 is 2.30 bits per heavy atom. The number of furan rings is 1. The van der Waals surface area contributed by atoms with Crippen molar-refractivity contribution in [3.8, 4) is 5.69 Å². The number of nitrogens with zero attached hydrogens (tertiary/aromatic N) is 2. The van der Waals surface area contributed by atoms with Gasteiger partial charge in [0.2, 0.25) is 0 Å². The predicted molar refractivity (Wildman–Crippen MR) is 197 cm³/mol. The van der Waals surface area contributed by atoms with Crippen LogP contribution in [-0.4, -0.2) is 57.7 Å². The fourth-order valence-electron chi connectivity index (χ4n) is 7.87. The van der Waals surface area contributed by atoms with E-state index in [1.54, 1.807) is 6.07 Å². The lowest BCUT2D eigenvalue weighted by molar-refractivity contribution is 0.668. The molecule has 0 saturated heterocycles. The molecule has 7 aromatic rings. The van der Waals surface area contributed by atoms with Crippen molar-refractivity contribution in [3.05, 3.63) is 113 Å². The normalized spacial score (nSPS) is 17.5. The van der Waals surface area contributed by atoms with Crippen LogP contribution < -0.4 is 26.8 Å². The van der Waals surface area contributed by atoms with Gasteiger partial charge < -0.3 is 13.9 Å². The topological polar surface area (TPSA) is 21.3 Å². The number of hydrogen-bond acceptors (Lipinski definition) is 2. The molecule has 1 aliphatic carbocycles. The Labute approximate surface area is 274 Å². The summed E-state index contributed by atoms with van der Waals surface area (Å²) in [6.07, 6.45) is 3.86. The first-order valence-corrected chi connectivity index (χ1v) is 15.2. The molecule has 0 amide bonds. The fourth-order valence-corrected chi connectivity index (χ4v) is 7.87. The van der Waals surface area contributed by atoms with E-state index in [4.69, 9.17) is 51.5 Å². The fraction of sp³-hybridized carbons (Fsp3) is 0.0811. The minimum absolute atomic E-state index is 0.255. The van der Waals surface area contributed by atoms with Gasteiger partial charge in [0.25, 0.3) is 0 Å². The Kier molecular flexibility index (Phi) is 5.83. The molecular weight excluding hydrogens is 553 g/mol. The van der Waals surface area contributed by atoms with Gasteiger partial charge in [0, 0.05) is 44.4 Å². The lowest BCUT2D eigenvalue weighted by atomic mass is 9.67. The van der Waals surface area contributed by atoms with Crippen LogP contribution >= 0.6 is 0 Å². The highest BCUT2D eigenvalue weighted by Crippen LogP contribution is 2.53. The van der Waals surface area contributed by atoms with Crippen molar-refractivity contribution in [3.63, 3.8) is 0 Å². The van der Waals surface area contributed by atoms with E-state index in [0.717, 1.165) is 71.9 Å². The third kappa shape index (κ3) is 3.63. The Bertz CT molecular complexity index is 2530. The van der Waals surface area contributed by atoms with Crippen molar-refractivity contribution in [2.75, 3.05) is 4.90 Å². The van der Waals surface area contributed by atoms with Crippen molar-refractivity contribution in [1.82, 2.24) is 4.57 Å². The molecule has 9 rings (SSSR count). The van der Waals surface area contributed by atoms with Crippen LogP contribution in [0.2, 0.25) is 0 Å². The quantitative estimate of drug-likeness (QED) is 0.293. The van der Waals surface area contributed by atoms with E-state index in [1.165, 1.54) is 0 Å². The predicted octanol–water partition coefficient (Wildman–Crippen LogP) is 3.89. The zero-order valence-electron chi connectivity index (χ0n) is 25.1. The largest absolute Gasteiger partial charge is 0.456 e. The molecule has 12 radical (unpaired) electrons. The van der Waals surface area contributed by atoms with E-state index < -0.39 is 0 Å². The summed E-state index contributed by atoms with van der Waals surface area (Å²) < 4.78 is 8.43. The maximum atomic E-state index is 7.05. The molecule has 5 aromatic carbocycles. The lowest BCUT2D eigenvalue weighted by Crippen LogP contribution is -2.34. The number of aromatic nitrogens is 1. The molecule has 202 valence electrons. The second kappa shape index (κ2) is 9.69. The summed E-state index contributed by atoms with van der Waals surface area (Å²) in [6.45, 7) is 2.10. The number of hydrogen-bond donors (Lipinski definition) is 0. The van der Waals surface area contributed by atoms with Gasteiger partial charge in [-0.3, -0.25) is 0 Å². The third-order valence-electron chi connectivity index (χ3n) is 9.66. The van der Waals surface area contributed by atoms with Gasteiger partial charge in [-0.05, 0) is 54.4 Å². The molecule has 0 spiro atoms. The molecule has 1 aliphatic heterocycles. The van der Waals surface area contributed by atoms with Crippen LogP contribution in [-0.2, 0) is 0 Å². The number of benzene rings is 5. The van der Waals surface area contributed by atoms with E-state index in [1.807, 2.05) is 54.6 Å². The standard InChI is InChI=1S/C37H20B6N2O/c1-17-6-5-9-28-29(17)22-16-21(10-11-27(22)46-28)45-35-24(13-19(39)15-26(35)41)31-33(43)32(42)30-23-12-18(38)14-25(40)34(23)44(36(30)37(31)45)20-7-3-2-4-8-20/h2-16,24,35H,1H3. The van der Waals surface area contributed by atoms with Gasteiger partial charge in [-0.25, -0.2) is 0 Å². The SMILES string of the molecule is [B]C1=CC2c3c([B])c([B])c4c5cc([B])cc([B])c5n(-c5ccccc5)c4c3N(c3ccc4oc5cccc(C)c5c4c3)C2C([B])=C1. The maximum absolute atomic E-state index is 7.05. The molecule has 2 unspecified atom stereocenters. The van der Waals surface area contributed by atoms with Crippen LogP contribution in [0.15, 0.2) is 106 Å². The maximum Gasteiger partial charge on any atom is 0.135 e. The number of fused-ring (bicyclic) bond motifs is 10. The summed E-state index contributed by atoms with van der Waals surface area (Å²) in [5, 5.41) is 3.70. The van der Waals surface area contributed by atoms with Crippen molar-refractivity contribution < 1.29 is 4.42 Å². The number of para-hydroxylation sites is 1. The van der Waals surface area contributed by atoms with Gasteiger partial charge in [0.05, 0.1) is 17.2 Å². The molecule has 2 aromatic heterocycles. The molecule has 46 heavy (non-hydrogen) atoms. The molecular formula is C37H20B6N2O. The Morgan fingerprint density at radius 1 is 0.696 bits per heavy atom. The average Bonchev–Trinajstić information content (AvgIpc) is 3.68. The van der Waals surface area contributed by atoms with Crippen LogP contribution in [0.4, 0.5) is 11.4 Å². The zero-order valence-corrected chi connectivity index (χ0v) is 25.1. The van der Waals surface area contributed by atoms with E-state index in [0.29, 0.717) is 32.8 Å². The first-order valence-electron chi connectivity index (χ1n) is 15.2. The lowest BCUT2D eigenvalue weighted by Gasteiger charge is -2.34. The van der Waals surface area contributed by atoms with Gasteiger partial charge in [-0.15, -0.1) is 5.47 Å². The second-order valence-electron chi connectivity index (χ2n) is 12.4. The summed E-state index contributed by atoms with van der Waals surface area (Å²) in [4.78, 5) is 2.28. The summed E-state index contributed by atoms with van der Waals surface area (Å²) in [7, 11) is 40.6. The second-order valence-corrected chi connectivity index (χ2v) is 12.4. The van der Waals surface area contributed by atoms with Crippen LogP contribution in [0.1, 0.15) is 17.0 Å². The molecule has 3 heterocycles. The molecule has 0 N–H and O–H groups in total. The minimum atomic E-state index is -0.309. The van der Waals surface area contributed by atoms with E-state index in [9.17, 15) is 0 Å². The first-order chi connectivity index (χ1) is 22.2. The van der Waals surface area contributed by atoms with Crippen molar-refractivity contribution in [1.29, 1.82) is 0 Å². The smallest absolute Gasteiger partial charge is 0.135 e. The molecule has 0 bridgehead atoms. The monoisotopic (exact) mass is 574 g/mol. The Morgan fingerprint density at radius 2 is 1.50 bits per heavy atom. The van der Waals surface area contributed by atoms with Crippen LogP contribution in [0.25, 0.3) is 49.4 Å². The van der Waals surface area contributed by atoms with E-state index in [-0.39, 0.29) is 12.0 Å². The average molecular weight is 573 g/mol. The van der Waals surface area contributed by atoms with E-state index >= 15 is 0 Å². The number of aryl methyl sites for hydroxylation is 1. The summed E-state index contributed by atoms with van der Waals surface area (Å²) in [6, 6.07) is 25.9. The Hall–Kier alpha value is -4.63. The highest BCUT2D eigenvalue weighted by atomic mass is 16.3. The number of allylic oxidation sites excluding steroid dienone is 2. The van der Waals surface area contributed by atoms with Gasteiger partial charge in [0.1, 0.15) is 58.2 Å². The molecule has 2 atom stereocenters. The summed E-state index contributed by atoms with van der Waals surface area (Å²) in [5.74, 6) is -0.255. The molecule has 9 heteroatoms. The first kappa shape index (κ1) is 27.7. The van der Waals surface area contributed by atoms with Crippen molar-refractivity contribution in [2.24, 2.45) is 0 Å². The van der Waals surface area contributed by atoms with Gasteiger partial charge in [-0.2, -0.15) is 0 Å². The summed E-state index contributed by atoms with van der Waals surface area (Å²) >= 11 is 0. The highest BCUT2D eigenvalue weighted by Gasteiger charge is 2.44. The molecule has 3 nitrogen and oxygen atoms in total. The Balaban J connectivity index is 1.48. The van der Waals surface area contributed by atoms with Gasteiger partial charge in [0.15, 0.2) is 0 Å². The highest BCUT2D eigenvalue weighted by molar-refractivity contribution is 6.57. The van der Waals surface area contributed by atoms with Gasteiger partial charge >= 0.3 is 0 Å². The minimum Gasteiger partial charge on any atom is -0.456 e. The van der Waals surface area contributed by atoms with Crippen LogP contribution in [0.3, 0.4) is 0 Å². The van der Waals surface area contributed by atoms with Gasteiger partial charge in [-0.1, -0.05) is 81.9 Å². The zero-order chi connectivity index (χ0) is 31.6. The molecule has 0 saturated carbocycles. The molecule has 0 fully saturated rings. The van der Waals surface area contributed by atoms with Crippen LogP contribution in [0, 0.1) is 6.92 Å². The molecule has 2 aliphatic rings. The number of anilines is 2. The van der Waals surface area contributed by atoms with Crippen LogP contribution in [0.5, 0.6) is 0 Å².